The third kappa shape index (κ3) is 6.22. The fourth-order valence-corrected chi connectivity index (χ4v) is 1.74. The second-order valence-electron chi connectivity index (χ2n) is 4.53. The Morgan fingerprint density at radius 1 is 0.913 bits per heavy atom. The Labute approximate surface area is 134 Å². The van der Waals surface area contributed by atoms with Crippen LogP contribution in [0.5, 0.6) is 0 Å². The van der Waals surface area contributed by atoms with Gasteiger partial charge in [0.15, 0.2) is 0 Å². The summed E-state index contributed by atoms with van der Waals surface area (Å²) < 4.78 is 11.7. The number of guanidine groups is 1. The third-order valence-corrected chi connectivity index (χ3v) is 3.58. The molecular weight excluding hydrogens is 317 g/mol. The third-order valence-electron chi connectivity index (χ3n) is 2.72. The van der Waals surface area contributed by atoms with E-state index in [1.165, 1.54) is 0 Å². The van der Waals surface area contributed by atoms with Gasteiger partial charge in [-0.15, -0.1) is 0 Å². The van der Waals surface area contributed by atoms with Crippen LogP contribution in [-0.4, -0.2) is 28.9 Å². The van der Waals surface area contributed by atoms with Gasteiger partial charge in [0.25, 0.3) is 0 Å². The summed E-state index contributed by atoms with van der Waals surface area (Å²) in [6.45, 7) is 0. The molecule has 124 valence electrons. The second-order valence-corrected chi connectivity index (χ2v) is 6.72. The summed E-state index contributed by atoms with van der Waals surface area (Å²) in [6, 6.07) is 19.6. The first-order chi connectivity index (χ1) is 10.9. The zero-order valence-corrected chi connectivity index (χ0v) is 13.3. The fourth-order valence-electron chi connectivity index (χ4n) is 1.65. The van der Waals surface area contributed by atoms with E-state index in [4.69, 9.17) is 21.7 Å². The molecule has 7 nitrogen and oxygen atoms in total. The lowest BCUT2D eigenvalue weighted by molar-refractivity contribution is -0.182. The molecule has 2 aromatic rings. The van der Waals surface area contributed by atoms with Crippen LogP contribution in [0.1, 0.15) is 0 Å². The van der Waals surface area contributed by atoms with Crippen molar-refractivity contribution in [1.29, 1.82) is 0 Å². The quantitative estimate of drug-likeness (QED) is 0.274. The molecular formula is C15H20N3O4P. The number of benzene rings is 2. The second kappa shape index (κ2) is 9.07. The Balaban J connectivity index is 0.000000322. The van der Waals surface area contributed by atoms with Crippen LogP contribution in [0.25, 0.3) is 0 Å². The molecule has 6 N–H and O–H groups in total. The largest absolute Gasteiger partial charge is 0.796 e. The minimum Gasteiger partial charge on any atom is -0.796 e. The molecule has 0 unspecified atom stereocenters. The summed E-state index contributed by atoms with van der Waals surface area (Å²) in [4.78, 5) is 9.90. The highest BCUT2D eigenvalue weighted by atomic mass is 31.2. The maximum atomic E-state index is 9.90. The van der Waals surface area contributed by atoms with Crippen molar-refractivity contribution < 1.29 is 19.7 Å². The summed E-state index contributed by atoms with van der Waals surface area (Å²) >= 11 is 0. The molecule has 2 aromatic carbocycles. The number of aliphatic hydroxyl groups excluding tert-OH is 2. The summed E-state index contributed by atoms with van der Waals surface area (Å²) in [7, 11) is -3.79. The molecule has 0 spiro atoms. The van der Waals surface area contributed by atoms with Crippen LogP contribution in [0.15, 0.2) is 60.7 Å². The van der Waals surface area contributed by atoms with E-state index < -0.39 is 20.1 Å². The number of nitrogens with zero attached hydrogens (tertiary/aromatic N) is 1. The lowest BCUT2D eigenvalue weighted by Gasteiger charge is -2.15. The van der Waals surface area contributed by atoms with Gasteiger partial charge in [0.05, 0.1) is 20.1 Å². The van der Waals surface area contributed by atoms with E-state index >= 15 is 0 Å². The molecule has 0 heterocycles. The first kappa shape index (κ1) is 18.9. The molecule has 8 heteroatoms. The minimum atomic E-state index is -3.79. The Bertz CT molecular complexity index is 624. The van der Waals surface area contributed by atoms with E-state index in [2.05, 4.69) is 0 Å². The van der Waals surface area contributed by atoms with Crippen molar-refractivity contribution >= 4 is 24.7 Å². The Hall–Kier alpha value is -2.18. The molecule has 0 bridgehead atoms. The molecule has 0 saturated carbocycles. The van der Waals surface area contributed by atoms with Gasteiger partial charge < -0.3 is 19.7 Å². The zero-order valence-electron chi connectivity index (χ0n) is 12.4. The fraction of sp³-hybridized carbons (Fsp3) is 0.133. The van der Waals surface area contributed by atoms with Gasteiger partial charge in [0.1, 0.15) is 11.4 Å². The topological polar surface area (TPSA) is 136 Å². The average molecular weight is 337 g/mol. The van der Waals surface area contributed by atoms with Crippen molar-refractivity contribution in [2.45, 2.75) is 0 Å². The summed E-state index contributed by atoms with van der Waals surface area (Å²) in [5, 5.41) is 15.7. The average Bonchev–Trinajstić information content (AvgIpc) is 2.57. The van der Waals surface area contributed by atoms with Crippen LogP contribution in [0, 0.1) is 0 Å². The molecule has 0 atom stereocenters. The smallest absolute Gasteiger partial charge is 0.351 e. The van der Waals surface area contributed by atoms with Crippen LogP contribution in [-0.2, 0) is 4.57 Å². The van der Waals surface area contributed by atoms with E-state index in [9.17, 15) is 9.46 Å². The molecule has 0 aromatic heterocycles. The van der Waals surface area contributed by atoms with Crippen LogP contribution < -0.4 is 20.9 Å². The van der Waals surface area contributed by atoms with Gasteiger partial charge in [-0.1, -0.05) is 36.4 Å². The molecule has 0 amide bonds. The number of rotatable bonds is 4. The van der Waals surface area contributed by atoms with Crippen molar-refractivity contribution in [3.05, 3.63) is 60.7 Å². The van der Waals surface area contributed by atoms with Gasteiger partial charge >= 0.3 is 5.96 Å². The maximum absolute atomic E-state index is 9.90. The maximum Gasteiger partial charge on any atom is 0.351 e. The van der Waals surface area contributed by atoms with Crippen LogP contribution >= 0.6 is 7.37 Å². The molecule has 0 aliphatic heterocycles. The van der Waals surface area contributed by atoms with Gasteiger partial charge in [0, 0.05) is 0 Å². The number of hydrogen-bond donors (Lipinski definition) is 4. The van der Waals surface area contributed by atoms with Crippen molar-refractivity contribution in [2.24, 2.45) is 11.5 Å². The number of para-hydroxylation sites is 2. The van der Waals surface area contributed by atoms with E-state index in [0.717, 1.165) is 11.4 Å². The van der Waals surface area contributed by atoms with Crippen molar-refractivity contribution in [1.82, 2.24) is 4.58 Å². The van der Waals surface area contributed by atoms with Gasteiger partial charge in [-0.05, 0) is 24.3 Å². The minimum absolute atomic E-state index is 0.261. The van der Waals surface area contributed by atoms with Gasteiger partial charge in [0.2, 0.25) is 0 Å². The first-order valence-corrected chi connectivity index (χ1v) is 8.69. The van der Waals surface area contributed by atoms with Gasteiger partial charge in [-0.2, -0.15) is 4.58 Å². The molecule has 23 heavy (non-hydrogen) atoms. The lowest BCUT2D eigenvalue weighted by atomic mass is 10.2. The standard InChI is InChI=1S/C13H13N3.C2H7O4P/c14-13(15)16(11-7-3-1-4-8-11)12-9-5-2-6-10-12;3-1-7(5,6)2-4/h1-10H,(H3,14,15);3-4H,1-2H2,(H,5,6). The van der Waals surface area contributed by atoms with E-state index in [-0.39, 0.29) is 5.96 Å². The van der Waals surface area contributed by atoms with Crippen molar-refractivity contribution in [2.75, 3.05) is 12.7 Å². The van der Waals surface area contributed by atoms with Gasteiger partial charge in [-0.3, -0.25) is 11.5 Å². The number of aliphatic hydroxyl groups is 2. The lowest BCUT2D eigenvalue weighted by Crippen LogP contribution is -2.33. The molecule has 0 fully saturated rings. The molecule has 2 rings (SSSR count). The van der Waals surface area contributed by atoms with E-state index in [1.54, 1.807) is 4.58 Å². The SMILES string of the molecule is NC(N)=[N+](c1ccccc1)c1ccccc1.O=P([O-])(CO)CO. The van der Waals surface area contributed by atoms with Crippen molar-refractivity contribution in [3.63, 3.8) is 0 Å². The van der Waals surface area contributed by atoms with Crippen LogP contribution in [0.2, 0.25) is 0 Å². The number of nitrogens with two attached hydrogens (primary N) is 2. The highest BCUT2D eigenvalue weighted by Gasteiger charge is 2.09. The Kier molecular flexibility index (Phi) is 7.44. The van der Waals surface area contributed by atoms with E-state index in [0.29, 0.717) is 0 Å². The highest BCUT2D eigenvalue weighted by molar-refractivity contribution is 7.56. The predicted octanol–water partition coefficient (Wildman–Crippen LogP) is 0.319. The normalized spacial score (nSPS) is 10.4. The van der Waals surface area contributed by atoms with Gasteiger partial charge in [-0.25, -0.2) is 0 Å². The highest BCUT2D eigenvalue weighted by Crippen LogP contribution is 2.30. The van der Waals surface area contributed by atoms with Crippen LogP contribution in [0.4, 0.5) is 11.4 Å². The summed E-state index contributed by atoms with van der Waals surface area (Å²) in [6.07, 6.45) is -1.91. The first-order valence-electron chi connectivity index (χ1n) is 6.70. The number of hydrogen-bond acceptors (Lipinski definition) is 4. The molecule has 0 saturated heterocycles. The molecule has 0 radical (unpaired) electrons. The van der Waals surface area contributed by atoms with Crippen molar-refractivity contribution in [3.8, 4) is 0 Å². The molecule has 0 aliphatic rings. The summed E-state index contributed by atoms with van der Waals surface area (Å²) in [5.41, 5.74) is 13.3. The van der Waals surface area contributed by atoms with Crippen LogP contribution in [0.3, 0.4) is 0 Å². The Morgan fingerprint density at radius 3 is 1.48 bits per heavy atom. The molecule has 0 aliphatic carbocycles. The predicted molar refractivity (Wildman–Crippen MR) is 89.5 cm³/mol. The Morgan fingerprint density at radius 2 is 1.26 bits per heavy atom. The zero-order chi connectivity index (χ0) is 17.3. The van der Waals surface area contributed by atoms with E-state index in [1.807, 2.05) is 60.7 Å². The summed E-state index contributed by atoms with van der Waals surface area (Å²) in [5.74, 6) is 0.261. The monoisotopic (exact) mass is 337 g/mol.